The first kappa shape index (κ1) is 14.3. The van der Waals surface area contributed by atoms with E-state index in [1.54, 1.807) is 0 Å². The second-order valence-electron chi connectivity index (χ2n) is 6.52. The summed E-state index contributed by atoms with van der Waals surface area (Å²) in [7, 11) is 2.22. The van der Waals surface area contributed by atoms with E-state index in [0.717, 1.165) is 5.70 Å². The van der Waals surface area contributed by atoms with Crippen molar-refractivity contribution >= 4 is 16.6 Å². The molecule has 1 saturated heterocycles. The van der Waals surface area contributed by atoms with E-state index in [1.807, 2.05) is 12.3 Å². The quantitative estimate of drug-likeness (QED) is 0.879. The van der Waals surface area contributed by atoms with E-state index < -0.39 is 0 Å². The van der Waals surface area contributed by atoms with Crippen LogP contribution in [0.2, 0.25) is 0 Å². The molecular weight excluding hydrogens is 282 g/mol. The molecule has 0 amide bonds. The van der Waals surface area contributed by atoms with Crippen molar-refractivity contribution in [1.29, 1.82) is 0 Å². The molecule has 1 fully saturated rings. The van der Waals surface area contributed by atoms with Gasteiger partial charge in [0, 0.05) is 34.6 Å². The Labute approximate surface area is 137 Å². The molecule has 1 aromatic carbocycles. The van der Waals surface area contributed by atoms with E-state index in [4.69, 9.17) is 0 Å². The van der Waals surface area contributed by atoms with E-state index in [0.29, 0.717) is 5.92 Å². The number of nitrogens with zero attached hydrogens (tertiary/aromatic N) is 1. The average Bonchev–Trinajstić information content (AvgIpc) is 2.83. The third-order valence-electron chi connectivity index (χ3n) is 5.01. The Morgan fingerprint density at radius 3 is 2.83 bits per heavy atom. The van der Waals surface area contributed by atoms with Crippen LogP contribution in [0.25, 0.3) is 16.6 Å². The largest absolute Gasteiger partial charge is 0.361 e. The molecule has 3 nitrogen and oxygen atoms in total. The van der Waals surface area contributed by atoms with Crippen LogP contribution in [0.1, 0.15) is 29.9 Å². The topological polar surface area (TPSA) is 31.1 Å². The van der Waals surface area contributed by atoms with Gasteiger partial charge in [-0.15, -0.1) is 0 Å². The molecule has 0 saturated carbocycles. The molecule has 118 valence electrons. The number of aromatic amines is 1. The molecule has 3 heterocycles. The van der Waals surface area contributed by atoms with Gasteiger partial charge in [0.1, 0.15) is 0 Å². The fraction of sp³-hybridized carbons (Fsp3) is 0.300. The van der Waals surface area contributed by atoms with Gasteiger partial charge >= 0.3 is 0 Å². The summed E-state index contributed by atoms with van der Waals surface area (Å²) in [5.74, 6) is 0.651. The van der Waals surface area contributed by atoms with Gasteiger partial charge in [0.25, 0.3) is 0 Å². The fourth-order valence-electron chi connectivity index (χ4n) is 3.70. The lowest BCUT2D eigenvalue weighted by molar-refractivity contribution is 0.256. The van der Waals surface area contributed by atoms with E-state index in [-0.39, 0.29) is 0 Å². The number of hydrogen-bond donors (Lipinski definition) is 2. The standard InChI is InChI=1S/C20H23N3/c1-23-12-9-15(10-13-23)17-14-22-19-8-5-6-16(20(17)19)18-7-3-2-4-11-21-18/h2-8,11,14-15,21-22H,9-10,12-13H2,1H3. The van der Waals surface area contributed by atoms with E-state index in [2.05, 4.69) is 64.9 Å². The van der Waals surface area contributed by atoms with Crippen LogP contribution in [-0.4, -0.2) is 30.0 Å². The predicted octanol–water partition coefficient (Wildman–Crippen LogP) is 3.99. The molecule has 2 aliphatic rings. The zero-order chi connectivity index (χ0) is 15.6. The molecule has 1 aromatic heterocycles. The maximum Gasteiger partial charge on any atom is 0.0463 e. The van der Waals surface area contributed by atoms with Gasteiger partial charge in [-0.05, 0) is 62.7 Å². The summed E-state index contributed by atoms with van der Waals surface area (Å²) in [6.07, 6.45) is 15.0. The number of benzene rings is 1. The number of allylic oxidation sites excluding steroid dienone is 4. The van der Waals surface area contributed by atoms with Crippen molar-refractivity contribution in [3.8, 4) is 0 Å². The number of nitrogens with one attached hydrogen (secondary N) is 2. The van der Waals surface area contributed by atoms with Crippen LogP contribution in [-0.2, 0) is 0 Å². The Morgan fingerprint density at radius 2 is 1.96 bits per heavy atom. The number of rotatable bonds is 2. The Kier molecular flexibility index (Phi) is 3.80. The molecule has 23 heavy (non-hydrogen) atoms. The summed E-state index contributed by atoms with van der Waals surface area (Å²) < 4.78 is 0. The Balaban J connectivity index is 1.79. The first-order valence-corrected chi connectivity index (χ1v) is 8.42. The van der Waals surface area contributed by atoms with Gasteiger partial charge in [0.2, 0.25) is 0 Å². The third kappa shape index (κ3) is 2.73. The normalized spacial score (nSPS) is 19.6. The van der Waals surface area contributed by atoms with Crippen molar-refractivity contribution in [2.24, 2.45) is 0 Å². The number of aromatic nitrogens is 1. The van der Waals surface area contributed by atoms with Crippen LogP contribution in [0.4, 0.5) is 0 Å². The van der Waals surface area contributed by atoms with Crippen LogP contribution in [0, 0.1) is 0 Å². The lowest BCUT2D eigenvalue weighted by atomic mass is 9.87. The molecular formula is C20H23N3. The monoisotopic (exact) mass is 305 g/mol. The van der Waals surface area contributed by atoms with Gasteiger partial charge in [-0.25, -0.2) is 0 Å². The summed E-state index contributed by atoms with van der Waals surface area (Å²) in [6.45, 7) is 2.37. The van der Waals surface area contributed by atoms with E-state index in [9.17, 15) is 0 Å². The van der Waals surface area contributed by atoms with Crippen LogP contribution in [0.15, 0.2) is 54.9 Å². The minimum Gasteiger partial charge on any atom is -0.361 e. The SMILES string of the molecule is CN1CCC(c2c[nH]c3cccc(C4=CC=CC=CN4)c23)CC1. The average molecular weight is 305 g/mol. The molecule has 0 aliphatic carbocycles. The second kappa shape index (κ2) is 6.09. The van der Waals surface area contributed by atoms with Gasteiger partial charge < -0.3 is 15.2 Å². The fourth-order valence-corrected chi connectivity index (χ4v) is 3.70. The van der Waals surface area contributed by atoms with Gasteiger partial charge in [0.15, 0.2) is 0 Å². The zero-order valence-electron chi connectivity index (χ0n) is 13.5. The lowest BCUT2D eigenvalue weighted by Crippen LogP contribution is -2.29. The number of H-pyrrole nitrogens is 1. The third-order valence-corrected chi connectivity index (χ3v) is 5.01. The minimum absolute atomic E-state index is 0.651. The highest BCUT2D eigenvalue weighted by Gasteiger charge is 2.22. The summed E-state index contributed by atoms with van der Waals surface area (Å²) >= 11 is 0. The van der Waals surface area contributed by atoms with Gasteiger partial charge in [-0.2, -0.15) is 0 Å². The van der Waals surface area contributed by atoms with Crippen molar-refractivity contribution in [1.82, 2.24) is 15.2 Å². The molecule has 0 unspecified atom stereocenters. The first-order chi connectivity index (χ1) is 11.3. The Bertz CT molecular complexity index is 786. The van der Waals surface area contributed by atoms with Crippen LogP contribution < -0.4 is 5.32 Å². The number of hydrogen-bond acceptors (Lipinski definition) is 2. The Morgan fingerprint density at radius 1 is 1.09 bits per heavy atom. The van der Waals surface area contributed by atoms with E-state index >= 15 is 0 Å². The smallest absolute Gasteiger partial charge is 0.0463 e. The van der Waals surface area contributed by atoms with Gasteiger partial charge in [-0.3, -0.25) is 0 Å². The summed E-state index contributed by atoms with van der Waals surface area (Å²) in [6, 6.07) is 6.54. The molecule has 4 rings (SSSR count). The van der Waals surface area contributed by atoms with Crippen molar-refractivity contribution in [2.75, 3.05) is 20.1 Å². The first-order valence-electron chi connectivity index (χ1n) is 8.42. The lowest BCUT2D eigenvalue weighted by Gasteiger charge is -2.29. The summed E-state index contributed by atoms with van der Waals surface area (Å²) in [5.41, 5.74) is 5.16. The summed E-state index contributed by atoms with van der Waals surface area (Å²) in [4.78, 5) is 5.91. The molecule has 0 spiro atoms. The van der Waals surface area contributed by atoms with Crippen LogP contribution in [0.5, 0.6) is 0 Å². The highest BCUT2D eigenvalue weighted by atomic mass is 15.1. The van der Waals surface area contributed by atoms with E-state index in [1.165, 1.54) is 48.0 Å². The van der Waals surface area contributed by atoms with Crippen molar-refractivity contribution in [3.63, 3.8) is 0 Å². The maximum atomic E-state index is 3.49. The number of fused-ring (bicyclic) bond motifs is 1. The highest BCUT2D eigenvalue weighted by Crippen LogP contribution is 2.36. The number of likely N-dealkylation sites (tertiary alicyclic amines) is 1. The molecule has 0 bridgehead atoms. The molecule has 0 radical (unpaired) electrons. The Hall–Kier alpha value is -2.26. The van der Waals surface area contributed by atoms with Crippen LogP contribution in [0.3, 0.4) is 0 Å². The van der Waals surface area contributed by atoms with Crippen molar-refractivity contribution in [2.45, 2.75) is 18.8 Å². The molecule has 2 N–H and O–H groups in total. The van der Waals surface area contributed by atoms with Gasteiger partial charge in [0.05, 0.1) is 0 Å². The zero-order valence-corrected chi connectivity index (χ0v) is 13.5. The number of piperidine rings is 1. The van der Waals surface area contributed by atoms with Crippen LogP contribution >= 0.6 is 0 Å². The van der Waals surface area contributed by atoms with Crippen molar-refractivity contribution < 1.29 is 0 Å². The molecule has 2 aliphatic heterocycles. The highest BCUT2D eigenvalue weighted by molar-refractivity contribution is 5.95. The molecule has 3 heteroatoms. The molecule has 2 aromatic rings. The second-order valence-corrected chi connectivity index (χ2v) is 6.52. The molecule has 0 atom stereocenters. The van der Waals surface area contributed by atoms with Gasteiger partial charge in [-0.1, -0.05) is 24.3 Å². The maximum absolute atomic E-state index is 3.49. The minimum atomic E-state index is 0.651. The predicted molar refractivity (Wildman–Crippen MR) is 97.2 cm³/mol. The van der Waals surface area contributed by atoms with Crippen molar-refractivity contribution in [3.05, 3.63) is 66.0 Å². The summed E-state index contributed by atoms with van der Waals surface area (Å²) in [5, 5.41) is 4.79.